The molecule has 34 heavy (non-hydrogen) atoms. The van der Waals surface area contributed by atoms with E-state index in [1.54, 1.807) is 31.4 Å². The number of fused-ring (bicyclic) bond motifs is 3. The van der Waals surface area contributed by atoms with E-state index >= 15 is 0 Å². The summed E-state index contributed by atoms with van der Waals surface area (Å²) in [4.78, 5) is 20.9. The summed E-state index contributed by atoms with van der Waals surface area (Å²) in [6.45, 7) is 0.454. The number of methoxy groups -OCH3 is 1. The van der Waals surface area contributed by atoms with Crippen LogP contribution in [0.3, 0.4) is 0 Å². The lowest BCUT2D eigenvalue weighted by molar-refractivity contribution is 0.0697. The molecule has 0 fully saturated rings. The Kier molecular flexibility index (Phi) is 5.74. The normalized spacial score (nSPS) is 12.1. The number of carboxylic acids is 1. The number of nitrogens with zero attached hydrogens (tertiary/aromatic N) is 2. The van der Waals surface area contributed by atoms with Crippen molar-refractivity contribution in [3.05, 3.63) is 106 Å². The first-order valence-electron chi connectivity index (χ1n) is 10.6. The van der Waals surface area contributed by atoms with Crippen LogP contribution in [0.25, 0.3) is 11.3 Å². The molecule has 0 aliphatic carbocycles. The minimum atomic E-state index is -0.962. The number of aromatic nitrogens is 1. The molecule has 7 heteroatoms. The van der Waals surface area contributed by atoms with Gasteiger partial charge in [-0.05, 0) is 54.6 Å². The summed E-state index contributed by atoms with van der Waals surface area (Å²) in [5, 5.41) is 13.0. The Bertz CT molecular complexity index is 1430. The first kappa shape index (κ1) is 21.7. The second-order valence-electron chi connectivity index (χ2n) is 7.77. The Morgan fingerprint density at radius 3 is 2.53 bits per heavy atom. The van der Waals surface area contributed by atoms with Crippen LogP contribution in [-0.2, 0) is 6.54 Å². The van der Waals surface area contributed by atoms with Crippen LogP contribution in [-0.4, -0.2) is 28.9 Å². The lowest BCUT2D eigenvalue weighted by atomic mass is 9.94. The largest absolute Gasteiger partial charge is 0.496 e. The van der Waals surface area contributed by atoms with E-state index in [4.69, 9.17) is 31.4 Å². The third-order valence-corrected chi connectivity index (χ3v) is 5.88. The van der Waals surface area contributed by atoms with Gasteiger partial charge in [0.05, 0.1) is 30.6 Å². The average Bonchev–Trinajstić information content (AvgIpc) is 3.00. The van der Waals surface area contributed by atoms with E-state index in [2.05, 4.69) is 5.32 Å². The van der Waals surface area contributed by atoms with Gasteiger partial charge in [0.25, 0.3) is 0 Å². The van der Waals surface area contributed by atoms with Gasteiger partial charge in [-0.3, -0.25) is 4.99 Å². The Morgan fingerprint density at radius 1 is 0.971 bits per heavy atom. The number of halogens is 1. The molecule has 0 radical (unpaired) electrons. The van der Waals surface area contributed by atoms with Gasteiger partial charge in [-0.1, -0.05) is 35.9 Å². The molecule has 0 unspecified atom stereocenters. The summed E-state index contributed by atoms with van der Waals surface area (Å²) in [7, 11) is 1.65. The SMILES string of the molecule is COc1ccccc1C1=NCc2ccc(Nc3ccc(C(=O)O)cc3)nc2-c2ccc(Cl)cc21. The van der Waals surface area contributed by atoms with Crippen molar-refractivity contribution in [1.82, 2.24) is 4.98 Å². The zero-order valence-corrected chi connectivity index (χ0v) is 19.0. The summed E-state index contributed by atoms with van der Waals surface area (Å²) >= 11 is 6.40. The lowest BCUT2D eigenvalue weighted by Gasteiger charge is -2.14. The van der Waals surface area contributed by atoms with Gasteiger partial charge in [-0.25, -0.2) is 9.78 Å². The van der Waals surface area contributed by atoms with Gasteiger partial charge in [0.2, 0.25) is 0 Å². The summed E-state index contributed by atoms with van der Waals surface area (Å²) in [5.41, 5.74) is 6.26. The van der Waals surface area contributed by atoms with Crippen LogP contribution in [0, 0.1) is 0 Å². The molecule has 1 aliphatic rings. The Labute approximate surface area is 201 Å². The van der Waals surface area contributed by atoms with Crippen molar-refractivity contribution in [2.45, 2.75) is 6.54 Å². The van der Waals surface area contributed by atoms with E-state index in [0.29, 0.717) is 17.4 Å². The van der Waals surface area contributed by atoms with E-state index in [1.807, 2.05) is 54.6 Å². The summed E-state index contributed by atoms with van der Waals surface area (Å²) in [5.74, 6) is 0.414. The molecule has 2 heterocycles. The zero-order valence-electron chi connectivity index (χ0n) is 18.2. The number of pyridine rings is 1. The topological polar surface area (TPSA) is 83.8 Å². The molecule has 2 N–H and O–H groups in total. The number of nitrogens with one attached hydrogen (secondary N) is 1. The molecule has 0 bridgehead atoms. The van der Waals surface area contributed by atoms with Crippen LogP contribution in [0.4, 0.5) is 11.5 Å². The molecule has 168 valence electrons. The van der Waals surface area contributed by atoms with Crippen LogP contribution in [0.15, 0.2) is 83.9 Å². The van der Waals surface area contributed by atoms with Crippen LogP contribution in [0.2, 0.25) is 5.02 Å². The van der Waals surface area contributed by atoms with Crippen molar-refractivity contribution < 1.29 is 14.6 Å². The molecule has 0 saturated carbocycles. The molecule has 1 aliphatic heterocycles. The molecular formula is C27H20ClN3O3. The molecule has 4 aromatic rings. The fourth-order valence-electron chi connectivity index (χ4n) is 4.00. The second kappa shape index (κ2) is 9.00. The first-order chi connectivity index (χ1) is 16.5. The Morgan fingerprint density at radius 2 is 1.76 bits per heavy atom. The monoisotopic (exact) mass is 469 g/mol. The average molecular weight is 470 g/mol. The van der Waals surface area contributed by atoms with Crippen molar-refractivity contribution >= 4 is 34.8 Å². The lowest BCUT2D eigenvalue weighted by Crippen LogP contribution is -2.07. The third-order valence-electron chi connectivity index (χ3n) is 5.64. The quantitative estimate of drug-likeness (QED) is 0.363. The number of carbonyl (C=O) groups is 1. The zero-order chi connectivity index (χ0) is 23.7. The number of ether oxygens (including phenoxy) is 1. The van der Waals surface area contributed by atoms with Gasteiger partial charge in [0, 0.05) is 33.0 Å². The number of rotatable bonds is 5. The summed E-state index contributed by atoms with van der Waals surface area (Å²) in [6, 6.07) is 23.9. The second-order valence-corrected chi connectivity index (χ2v) is 8.20. The minimum absolute atomic E-state index is 0.229. The van der Waals surface area contributed by atoms with E-state index in [0.717, 1.165) is 45.1 Å². The molecule has 1 aromatic heterocycles. The van der Waals surface area contributed by atoms with Crippen molar-refractivity contribution in [2.75, 3.05) is 12.4 Å². The van der Waals surface area contributed by atoms with Crippen LogP contribution < -0.4 is 10.1 Å². The maximum absolute atomic E-state index is 11.1. The maximum Gasteiger partial charge on any atom is 0.335 e. The fraction of sp³-hybridized carbons (Fsp3) is 0.0741. The van der Waals surface area contributed by atoms with Gasteiger partial charge in [-0.2, -0.15) is 0 Å². The van der Waals surface area contributed by atoms with Crippen LogP contribution in [0.1, 0.15) is 27.0 Å². The maximum atomic E-state index is 11.1. The number of hydrogen-bond acceptors (Lipinski definition) is 5. The molecule has 3 aromatic carbocycles. The van der Waals surface area contributed by atoms with E-state index < -0.39 is 5.97 Å². The third kappa shape index (κ3) is 4.11. The number of carboxylic acid groups (broad SMARTS) is 1. The standard InChI is InChI=1S/C27H20ClN3O3/c1-34-23-5-3-2-4-21(23)26-22-14-18(28)9-12-20(22)25-17(15-29-26)8-13-24(31-25)30-19-10-6-16(7-11-19)27(32)33/h2-14H,15H2,1H3,(H,30,31)(H,32,33). The first-order valence-corrected chi connectivity index (χ1v) is 11.0. The summed E-state index contributed by atoms with van der Waals surface area (Å²) in [6.07, 6.45) is 0. The summed E-state index contributed by atoms with van der Waals surface area (Å²) < 4.78 is 5.59. The van der Waals surface area contributed by atoms with E-state index in [-0.39, 0.29) is 5.56 Å². The predicted molar refractivity (Wildman–Crippen MR) is 134 cm³/mol. The molecule has 0 atom stereocenters. The number of anilines is 2. The number of para-hydroxylation sites is 1. The predicted octanol–water partition coefficient (Wildman–Crippen LogP) is 6.20. The molecular weight excluding hydrogens is 450 g/mol. The van der Waals surface area contributed by atoms with E-state index in [1.165, 1.54) is 0 Å². The number of aliphatic imine (C=N–C) groups is 1. The highest BCUT2D eigenvalue weighted by Gasteiger charge is 2.22. The van der Waals surface area contributed by atoms with Crippen LogP contribution >= 0.6 is 11.6 Å². The Hall–Kier alpha value is -4.16. The van der Waals surface area contributed by atoms with Crippen molar-refractivity contribution in [1.29, 1.82) is 0 Å². The van der Waals surface area contributed by atoms with Gasteiger partial charge in [-0.15, -0.1) is 0 Å². The smallest absolute Gasteiger partial charge is 0.335 e. The van der Waals surface area contributed by atoms with E-state index in [9.17, 15) is 4.79 Å². The fourth-order valence-corrected chi connectivity index (χ4v) is 4.17. The molecule has 0 saturated heterocycles. The highest BCUT2D eigenvalue weighted by Crippen LogP contribution is 2.36. The van der Waals surface area contributed by atoms with Crippen LogP contribution in [0.5, 0.6) is 5.75 Å². The van der Waals surface area contributed by atoms with Gasteiger partial charge in [0.15, 0.2) is 0 Å². The molecule has 6 nitrogen and oxygen atoms in total. The van der Waals surface area contributed by atoms with Gasteiger partial charge < -0.3 is 15.2 Å². The van der Waals surface area contributed by atoms with Crippen molar-refractivity contribution in [3.63, 3.8) is 0 Å². The number of benzene rings is 3. The molecule has 0 spiro atoms. The Balaban J connectivity index is 1.58. The van der Waals surface area contributed by atoms with Gasteiger partial charge >= 0.3 is 5.97 Å². The number of hydrogen-bond donors (Lipinski definition) is 2. The molecule has 5 rings (SSSR count). The molecule has 0 amide bonds. The van der Waals surface area contributed by atoms with Crippen molar-refractivity contribution in [2.24, 2.45) is 4.99 Å². The van der Waals surface area contributed by atoms with Gasteiger partial charge in [0.1, 0.15) is 11.6 Å². The highest BCUT2D eigenvalue weighted by atomic mass is 35.5. The number of aromatic carboxylic acids is 1. The van der Waals surface area contributed by atoms with Crippen molar-refractivity contribution in [3.8, 4) is 17.0 Å². The minimum Gasteiger partial charge on any atom is -0.496 e. The highest BCUT2D eigenvalue weighted by molar-refractivity contribution is 6.31.